The third-order valence-electron chi connectivity index (χ3n) is 23.1. The summed E-state index contributed by atoms with van der Waals surface area (Å²) < 4.78 is 22.9. The number of anilines is 3. The average molecular weight is 1540 g/mol. The number of terminal acetylenes is 1. The summed E-state index contributed by atoms with van der Waals surface area (Å²) in [6.07, 6.45) is 23.0. The van der Waals surface area contributed by atoms with E-state index in [1.807, 2.05) is 64.1 Å². The van der Waals surface area contributed by atoms with Crippen LogP contribution in [0.15, 0.2) is 159 Å². The number of hydrogen-bond donors (Lipinski definition) is 4. The molecule has 0 unspecified atom stereocenters. The highest BCUT2D eigenvalue weighted by molar-refractivity contribution is 5.94. The van der Waals surface area contributed by atoms with Crippen molar-refractivity contribution in [2.75, 3.05) is 74.3 Å². The summed E-state index contributed by atoms with van der Waals surface area (Å²) in [7, 11) is 1.70. The van der Waals surface area contributed by atoms with Crippen LogP contribution in [0.1, 0.15) is 174 Å². The van der Waals surface area contributed by atoms with Crippen molar-refractivity contribution in [3.8, 4) is 80.4 Å². The summed E-state index contributed by atoms with van der Waals surface area (Å²) in [5, 5.41) is 1.07. The van der Waals surface area contributed by atoms with E-state index in [1.165, 1.54) is 27.8 Å². The van der Waals surface area contributed by atoms with Gasteiger partial charge >= 0.3 is 0 Å². The Hall–Kier alpha value is -12.6. The van der Waals surface area contributed by atoms with Gasteiger partial charge in [0.15, 0.2) is 0 Å². The van der Waals surface area contributed by atoms with Gasteiger partial charge in [0, 0.05) is 126 Å². The van der Waals surface area contributed by atoms with Crippen molar-refractivity contribution >= 4 is 51.8 Å². The first kappa shape index (κ1) is 77.3. The molecule has 3 aliphatic heterocycles. The van der Waals surface area contributed by atoms with E-state index in [0.717, 1.165) is 261 Å². The number of piperidine rings is 3. The minimum absolute atomic E-state index is 0.163. The molecule has 20 nitrogen and oxygen atoms in total. The van der Waals surface area contributed by atoms with Gasteiger partial charge in [-0.05, 0) is 226 Å². The summed E-state index contributed by atoms with van der Waals surface area (Å²) in [5.41, 5.74) is 26.5. The van der Waals surface area contributed by atoms with Crippen LogP contribution in [0.3, 0.4) is 0 Å². The van der Waals surface area contributed by atoms with E-state index in [4.69, 9.17) is 55.3 Å². The van der Waals surface area contributed by atoms with Crippen LogP contribution in [0.5, 0.6) is 23.0 Å². The number of imidazole rings is 3. The van der Waals surface area contributed by atoms with Crippen molar-refractivity contribution in [2.45, 2.75) is 144 Å². The fraction of sp³-hybridized carbons (Fsp3) is 0.323. The Kier molecular flexibility index (Phi) is 22.8. The second-order valence-electron chi connectivity index (χ2n) is 31.4. The van der Waals surface area contributed by atoms with Crippen molar-refractivity contribution in [3.63, 3.8) is 0 Å². The quantitative estimate of drug-likeness (QED) is 0.0552. The minimum Gasteiger partial charge on any atom is -0.497 e. The number of ether oxygens (including phenoxy) is 4. The van der Waals surface area contributed by atoms with Gasteiger partial charge in [0.1, 0.15) is 82.6 Å². The van der Waals surface area contributed by atoms with Crippen molar-refractivity contribution in [1.29, 1.82) is 0 Å². The molecule has 0 atom stereocenters. The van der Waals surface area contributed by atoms with Crippen molar-refractivity contribution in [2.24, 2.45) is 0 Å². The third-order valence-corrected chi connectivity index (χ3v) is 23.1. The number of methoxy groups -OCH3 is 1. The fourth-order valence-electron chi connectivity index (χ4n) is 16.8. The Labute approximate surface area is 679 Å². The van der Waals surface area contributed by atoms with Gasteiger partial charge in [-0.2, -0.15) is 0 Å². The molecule has 18 rings (SSSR count). The van der Waals surface area contributed by atoms with Crippen LogP contribution < -0.4 is 33.6 Å². The number of H-pyrrole nitrogens is 4. The van der Waals surface area contributed by atoms with Gasteiger partial charge in [-0.3, -0.25) is 0 Å². The van der Waals surface area contributed by atoms with Gasteiger partial charge in [0.2, 0.25) is 0 Å². The monoisotopic (exact) mass is 1540 g/mol. The third kappa shape index (κ3) is 16.7. The number of benzene rings is 6. The summed E-state index contributed by atoms with van der Waals surface area (Å²) >= 11 is 0. The van der Waals surface area contributed by atoms with E-state index in [-0.39, 0.29) is 6.10 Å². The van der Waals surface area contributed by atoms with Crippen molar-refractivity contribution in [3.05, 3.63) is 249 Å². The lowest BCUT2D eigenvalue weighted by Crippen LogP contribution is -2.34. The van der Waals surface area contributed by atoms with Crippen LogP contribution in [-0.4, -0.2) is 130 Å². The van der Waals surface area contributed by atoms with Crippen LogP contribution in [0.4, 0.5) is 17.5 Å². The number of fused-ring (bicyclic) bond motifs is 3. The van der Waals surface area contributed by atoms with E-state index >= 15 is 0 Å². The SMILES string of the molecule is C#Cc1ccc(C2=Cc3c(ncnc3N3CCC(c4nc(-c5ccc(C)c(OCC)c5)c(C)[nH]4)CC3)C2)cc1.CCOc1cc(-c2nc(C3CCN(c4ncnc5c4C=C(c4cccc(OC)c4)C5)CC3)[nH]c2C)ccc1C.Cc1ccc(-c2cc3c(N4CCC(c5nc(-c6ccc(OC(C)C)cc6)c(C)[nH]5)CC4)ncnc3[nH]2)cc1. The molecular weight excluding hydrogens is 1440 g/mol. The predicted molar refractivity (Wildman–Crippen MR) is 465 cm³/mol. The molecule has 13 aromatic rings. The van der Waals surface area contributed by atoms with Crippen LogP contribution in [-0.2, 0) is 12.8 Å². The lowest BCUT2D eigenvalue weighted by atomic mass is 9.96. The van der Waals surface area contributed by atoms with Crippen LogP contribution in [0, 0.1) is 53.9 Å². The zero-order valence-corrected chi connectivity index (χ0v) is 68.4. The first-order chi connectivity index (χ1) is 56.5. The molecule has 590 valence electrons. The van der Waals surface area contributed by atoms with E-state index in [0.29, 0.717) is 31.0 Å². The Morgan fingerprint density at radius 1 is 0.457 bits per heavy atom. The normalized spacial score (nSPS) is 15.0. The molecule has 3 fully saturated rings. The smallest absolute Gasteiger partial charge is 0.143 e. The molecule has 4 N–H and O–H groups in total. The molecule has 10 heterocycles. The number of aryl methyl sites for hydroxylation is 6. The number of aromatic nitrogens is 13. The highest BCUT2D eigenvalue weighted by atomic mass is 16.5. The fourth-order valence-corrected chi connectivity index (χ4v) is 16.8. The van der Waals surface area contributed by atoms with Crippen LogP contribution in [0.25, 0.3) is 79.4 Å². The molecule has 0 saturated carbocycles. The summed E-state index contributed by atoms with van der Waals surface area (Å²) in [4.78, 5) is 64.5. The van der Waals surface area contributed by atoms with Crippen LogP contribution in [0.2, 0.25) is 0 Å². The molecule has 6 aromatic carbocycles. The Morgan fingerprint density at radius 2 is 0.905 bits per heavy atom. The second kappa shape index (κ2) is 34.2. The summed E-state index contributed by atoms with van der Waals surface area (Å²) in [5.74, 6) is 13.8. The van der Waals surface area contributed by atoms with Gasteiger partial charge in [-0.15, -0.1) is 6.42 Å². The van der Waals surface area contributed by atoms with Crippen molar-refractivity contribution < 1.29 is 18.9 Å². The van der Waals surface area contributed by atoms with Gasteiger partial charge in [-0.1, -0.05) is 84.3 Å². The Balaban J connectivity index is 0.000000131. The molecular formula is C96H102N16O4. The molecule has 0 amide bonds. The van der Waals surface area contributed by atoms with Gasteiger partial charge < -0.3 is 53.6 Å². The maximum atomic E-state index is 5.83. The second-order valence-corrected chi connectivity index (χ2v) is 31.4. The van der Waals surface area contributed by atoms with Crippen LogP contribution >= 0.6 is 0 Å². The largest absolute Gasteiger partial charge is 0.497 e. The lowest BCUT2D eigenvalue weighted by molar-refractivity contribution is 0.242. The Bertz CT molecular complexity index is 5780. The van der Waals surface area contributed by atoms with E-state index in [1.54, 1.807) is 26.1 Å². The highest BCUT2D eigenvalue weighted by Gasteiger charge is 2.33. The molecule has 20 heteroatoms. The van der Waals surface area contributed by atoms with Gasteiger partial charge in [0.25, 0.3) is 0 Å². The summed E-state index contributed by atoms with van der Waals surface area (Å²) in [6.45, 7) is 27.6. The maximum Gasteiger partial charge on any atom is 0.143 e. The summed E-state index contributed by atoms with van der Waals surface area (Å²) in [6, 6.07) is 48.1. The van der Waals surface area contributed by atoms with E-state index in [9.17, 15) is 0 Å². The molecule has 2 aliphatic carbocycles. The molecule has 116 heavy (non-hydrogen) atoms. The highest BCUT2D eigenvalue weighted by Crippen LogP contribution is 2.43. The number of hydrogen-bond acceptors (Lipinski definition) is 16. The predicted octanol–water partition coefficient (Wildman–Crippen LogP) is 19.5. The molecule has 0 bridgehead atoms. The van der Waals surface area contributed by atoms with Crippen molar-refractivity contribution in [1.82, 2.24) is 64.8 Å². The molecule has 7 aromatic heterocycles. The standard InChI is InChI=1S/C33H33N5O.C32H35N5O2.C31H34N6O/c1-5-23-8-11-24(12-9-23)27-17-28-29(18-27)34-20-35-33(28)38-15-13-25(14-16-38)32-36-22(4)31(37-32)26-10-7-21(3)30(19-26)39-6-2;1-5-39-29-18-24(10-9-20(29)2)30-21(3)35-31(36-30)22-11-13-37(14-12-22)32-27-16-25(17-28(27)33-19-34-32)23-7-6-8-26(15-23)38-4;1-19(2)38-25-11-9-23(10-12-25)28-21(4)34-29(36-28)24-13-15-37(16-14-24)31-26-17-27(35-30(26)32-18-33-31)22-7-5-20(3)6-8-22/h1,7-12,17,19-20,25H,6,13-16,18H2,2-4H3,(H,36,37);6-10,15-16,18-19,22H,5,11-14,17H2,1-4H3,(H,35,36);5-12,17-19,24H,13-16H2,1-4H3,(H,34,36)(H,32,33,35). The number of nitrogens with one attached hydrogen (secondary N) is 4. The van der Waals surface area contributed by atoms with E-state index in [2.05, 4.69) is 212 Å². The Morgan fingerprint density at radius 3 is 1.39 bits per heavy atom. The molecule has 0 radical (unpaired) electrons. The van der Waals surface area contributed by atoms with Gasteiger partial charge in [0.05, 0.1) is 60.3 Å². The zero-order valence-electron chi connectivity index (χ0n) is 68.4. The van der Waals surface area contributed by atoms with E-state index < -0.39 is 0 Å². The van der Waals surface area contributed by atoms with Gasteiger partial charge in [-0.25, -0.2) is 44.9 Å². The first-order valence-electron chi connectivity index (χ1n) is 40.9. The first-order valence-corrected chi connectivity index (χ1v) is 40.9. The molecule has 5 aliphatic rings. The average Bonchev–Trinajstić information content (AvgIpc) is 1.64. The topological polar surface area (TPSA) is 226 Å². The zero-order chi connectivity index (χ0) is 80.1. The number of aromatic amines is 4. The lowest BCUT2D eigenvalue weighted by Gasteiger charge is -2.32. The number of nitrogens with zero attached hydrogens (tertiary/aromatic N) is 12. The number of rotatable bonds is 19. The molecule has 3 saturated heterocycles. The molecule has 0 spiro atoms. The minimum atomic E-state index is 0.163. The maximum absolute atomic E-state index is 5.83. The number of allylic oxidation sites excluding steroid dienone is 2.